The van der Waals surface area contributed by atoms with E-state index in [0.29, 0.717) is 25.8 Å². The van der Waals surface area contributed by atoms with Crippen LogP contribution in [0, 0.1) is 6.92 Å². The smallest absolute Gasteiger partial charge is 0.303 e. The summed E-state index contributed by atoms with van der Waals surface area (Å²) in [6.07, 6.45) is 6.45. The molecule has 0 amide bonds. The molecule has 9 heteroatoms. The van der Waals surface area contributed by atoms with Gasteiger partial charge in [0.25, 0.3) is 0 Å². The number of aryl methyl sites for hydroxylation is 2. The van der Waals surface area contributed by atoms with Crippen molar-refractivity contribution < 1.29 is 18.7 Å². The third-order valence-electron chi connectivity index (χ3n) is 5.17. The first-order valence-electron chi connectivity index (χ1n) is 10.3. The van der Waals surface area contributed by atoms with Crippen molar-refractivity contribution in [2.75, 3.05) is 5.88 Å². The van der Waals surface area contributed by atoms with Crippen LogP contribution in [-0.4, -0.2) is 40.3 Å². The molecule has 0 spiro atoms. The van der Waals surface area contributed by atoms with E-state index in [-0.39, 0.29) is 12.3 Å². The molecular weight excluding hydrogens is 416 g/mol. The Kier molecular flexibility index (Phi) is 7.89. The van der Waals surface area contributed by atoms with Crippen LogP contribution in [0.5, 0.6) is 0 Å². The summed E-state index contributed by atoms with van der Waals surface area (Å²) in [5, 5.41) is 16.8. The fourth-order valence-corrected chi connectivity index (χ4v) is 4.05. The highest BCUT2D eigenvalue weighted by atomic mass is 32.2. The van der Waals surface area contributed by atoms with Crippen molar-refractivity contribution in [2.24, 2.45) is 0 Å². The number of aliphatic carboxylic acids is 1. The molecule has 2 N–H and O–H groups in total. The number of hydrogen-bond acceptors (Lipinski definition) is 6. The molecule has 0 radical (unpaired) electrons. The molecule has 0 saturated carbocycles. The summed E-state index contributed by atoms with van der Waals surface area (Å²) in [6, 6.07) is 6.17. The van der Waals surface area contributed by atoms with Gasteiger partial charge in [0.15, 0.2) is 0 Å². The van der Waals surface area contributed by atoms with Crippen LogP contribution in [0.25, 0.3) is 16.6 Å². The van der Waals surface area contributed by atoms with Gasteiger partial charge in [-0.15, -0.1) is 0 Å². The monoisotopic (exact) mass is 443 g/mol. The van der Waals surface area contributed by atoms with Crippen LogP contribution >= 0.6 is 0 Å². The summed E-state index contributed by atoms with van der Waals surface area (Å²) in [5.74, 6) is -0.970. The van der Waals surface area contributed by atoms with Gasteiger partial charge in [-0.2, -0.15) is 5.10 Å². The first-order valence-corrected chi connectivity index (χ1v) is 11.6. The van der Waals surface area contributed by atoms with Gasteiger partial charge in [-0.3, -0.25) is 14.0 Å². The highest BCUT2D eigenvalue weighted by Gasteiger charge is 2.19. The molecule has 0 aliphatic carbocycles. The second kappa shape index (κ2) is 10.6. The van der Waals surface area contributed by atoms with E-state index in [1.807, 2.05) is 29.8 Å². The Labute approximate surface area is 184 Å². The lowest BCUT2D eigenvalue weighted by molar-refractivity contribution is -0.137. The molecule has 1 unspecified atom stereocenters. The Hall–Kier alpha value is -2.62. The highest BCUT2D eigenvalue weighted by molar-refractivity contribution is 7.79. The minimum Gasteiger partial charge on any atom is -0.771 e. The third kappa shape index (κ3) is 5.75. The van der Waals surface area contributed by atoms with Crippen LogP contribution in [0.1, 0.15) is 48.7 Å². The Bertz CT molecular complexity index is 1100. The Balaban J connectivity index is 2.13. The van der Waals surface area contributed by atoms with Crippen molar-refractivity contribution in [3.05, 3.63) is 53.1 Å². The molecule has 0 saturated heterocycles. The largest absolute Gasteiger partial charge is 0.771 e. The number of carbonyl (C=O) groups is 1. The van der Waals surface area contributed by atoms with Crippen LogP contribution in [0.15, 0.2) is 30.6 Å². The number of fused-ring (bicyclic) bond motifs is 1. The quantitative estimate of drug-likeness (QED) is 0.345. The zero-order valence-corrected chi connectivity index (χ0v) is 18.6. The first kappa shape index (κ1) is 23.1. The van der Waals surface area contributed by atoms with Gasteiger partial charge in [-0.05, 0) is 73.0 Å². The number of carboxylic acids is 1. The number of carboxylic acid groups (broad SMARTS) is 1. The van der Waals surface area contributed by atoms with E-state index in [4.69, 9.17) is 10.2 Å². The molecular formula is C22H27N4O4S-. The zero-order chi connectivity index (χ0) is 22.4. The topological polar surface area (TPSA) is 120 Å². The average Bonchev–Trinajstić information content (AvgIpc) is 3.13. The van der Waals surface area contributed by atoms with Gasteiger partial charge in [-0.1, -0.05) is 6.92 Å². The molecule has 166 valence electrons. The van der Waals surface area contributed by atoms with E-state index in [9.17, 15) is 13.6 Å². The summed E-state index contributed by atoms with van der Waals surface area (Å²) >= 11 is -2.20. The first-order chi connectivity index (χ1) is 14.9. The lowest BCUT2D eigenvalue weighted by Gasteiger charge is -2.18. The van der Waals surface area contributed by atoms with E-state index in [1.54, 1.807) is 6.20 Å². The average molecular weight is 444 g/mol. The summed E-state index contributed by atoms with van der Waals surface area (Å²) in [7, 11) is 0. The van der Waals surface area contributed by atoms with Crippen LogP contribution in [0.2, 0.25) is 0 Å². The molecule has 3 heterocycles. The van der Waals surface area contributed by atoms with Crippen molar-refractivity contribution in [1.82, 2.24) is 19.9 Å². The minimum absolute atomic E-state index is 0.116. The van der Waals surface area contributed by atoms with Gasteiger partial charge in [0.2, 0.25) is 0 Å². The Morgan fingerprint density at radius 3 is 2.77 bits per heavy atom. The van der Waals surface area contributed by atoms with Gasteiger partial charge in [0.1, 0.15) is 0 Å². The second-order valence-electron chi connectivity index (χ2n) is 7.50. The van der Waals surface area contributed by atoms with Gasteiger partial charge < -0.3 is 15.0 Å². The minimum atomic E-state index is -2.20. The van der Waals surface area contributed by atoms with Crippen LogP contribution < -0.4 is 5.32 Å². The molecule has 8 nitrogen and oxygen atoms in total. The lowest BCUT2D eigenvalue weighted by atomic mass is 9.94. The summed E-state index contributed by atoms with van der Waals surface area (Å²) in [5.41, 5.74) is 6.80. The predicted molar refractivity (Wildman–Crippen MR) is 118 cm³/mol. The number of nitrogens with one attached hydrogen (secondary N) is 1. The lowest BCUT2D eigenvalue weighted by Crippen LogP contribution is -2.21. The Morgan fingerprint density at radius 1 is 1.29 bits per heavy atom. The van der Waals surface area contributed by atoms with E-state index >= 15 is 0 Å². The third-order valence-corrected chi connectivity index (χ3v) is 5.61. The van der Waals surface area contributed by atoms with Crippen molar-refractivity contribution in [2.45, 2.75) is 52.5 Å². The molecule has 3 aromatic heterocycles. The number of rotatable bonds is 11. The van der Waals surface area contributed by atoms with Gasteiger partial charge in [0, 0.05) is 42.2 Å². The summed E-state index contributed by atoms with van der Waals surface area (Å²) in [6.45, 7) is 4.35. The highest BCUT2D eigenvalue weighted by Crippen LogP contribution is 2.33. The maximum absolute atomic E-state index is 11.0. The van der Waals surface area contributed by atoms with Crippen LogP contribution in [0.3, 0.4) is 0 Å². The standard InChI is InChI=1S/C22H28N4O4S/c1-3-17-8-9-20-22(16-10-15(2)11-23-12-16)18(6-4-5-7-21(27)28)19(25-26(17)20)13-24-14-31(29)30/h8-12,24H,3-7,13-14H2,1-2H3,(H,27,28)(H,29,30)/p-1. The number of nitrogens with zero attached hydrogens (tertiary/aromatic N) is 3. The van der Waals surface area contributed by atoms with Gasteiger partial charge in [0.05, 0.1) is 17.1 Å². The van der Waals surface area contributed by atoms with Crippen molar-refractivity contribution in [1.29, 1.82) is 0 Å². The van der Waals surface area contributed by atoms with E-state index < -0.39 is 17.0 Å². The Morgan fingerprint density at radius 2 is 2.10 bits per heavy atom. The molecule has 3 aromatic rings. The number of hydrogen-bond donors (Lipinski definition) is 2. The van der Waals surface area contributed by atoms with E-state index in [1.165, 1.54) is 0 Å². The molecule has 3 rings (SSSR count). The normalized spacial score (nSPS) is 12.4. The molecule has 31 heavy (non-hydrogen) atoms. The van der Waals surface area contributed by atoms with Crippen LogP contribution in [-0.2, 0) is 35.3 Å². The maximum Gasteiger partial charge on any atom is 0.303 e. The summed E-state index contributed by atoms with van der Waals surface area (Å²) in [4.78, 5) is 15.3. The molecule has 0 aliphatic heterocycles. The van der Waals surface area contributed by atoms with Crippen molar-refractivity contribution in [3.63, 3.8) is 0 Å². The second-order valence-corrected chi connectivity index (χ2v) is 8.40. The molecule has 0 aliphatic rings. The molecule has 0 bridgehead atoms. The zero-order valence-electron chi connectivity index (χ0n) is 17.8. The van der Waals surface area contributed by atoms with Crippen LogP contribution in [0.4, 0.5) is 0 Å². The summed E-state index contributed by atoms with van der Waals surface area (Å²) < 4.78 is 23.9. The molecule has 0 fully saturated rings. The molecule has 0 aromatic carbocycles. The fourth-order valence-electron chi connectivity index (χ4n) is 3.78. The van der Waals surface area contributed by atoms with Crippen molar-refractivity contribution >= 4 is 22.6 Å². The van der Waals surface area contributed by atoms with Gasteiger partial charge in [-0.25, -0.2) is 4.52 Å². The number of pyridine rings is 1. The SMILES string of the molecule is CCc1ccc2c(-c3cncc(C)c3)c(CCCCC(=O)O)c(CNCS(=O)[O-])nn12. The maximum atomic E-state index is 11.0. The van der Waals surface area contributed by atoms with Crippen molar-refractivity contribution in [3.8, 4) is 11.1 Å². The van der Waals surface area contributed by atoms with E-state index in [2.05, 4.69) is 23.3 Å². The number of unbranched alkanes of at least 4 members (excludes halogenated alkanes) is 1. The predicted octanol–water partition coefficient (Wildman–Crippen LogP) is 2.99. The fraction of sp³-hybridized carbons (Fsp3) is 0.409. The number of aromatic nitrogens is 3. The molecule has 1 atom stereocenters. The van der Waals surface area contributed by atoms with Gasteiger partial charge >= 0.3 is 5.97 Å². The van der Waals surface area contributed by atoms with E-state index in [0.717, 1.165) is 45.6 Å².